The Morgan fingerprint density at radius 3 is 1.05 bits per heavy atom. The molecular weight excluding hydrogens is 761 g/mol. The topological polar surface area (TPSA) is 122 Å². The molecule has 0 amide bonds. The van der Waals surface area contributed by atoms with Gasteiger partial charge in [0.25, 0.3) is 0 Å². The maximum absolute atomic E-state index is 11.6. The normalized spacial score (nSPS) is 11.8. The maximum Gasteiger partial charge on any atom is 0.339 e. The van der Waals surface area contributed by atoms with Crippen LogP contribution in [0.25, 0.3) is 21.5 Å². The molecule has 0 aromatic heterocycles. The lowest BCUT2D eigenvalue weighted by Crippen LogP contribution is -2.29. The lowest BCUT2D eigenvalue weighted by molar-refractivity contribution is 0.0682. The van der Waals surface area contributed by atoms with Crippen LogP contribution in [-0.2, 0) is 6.42 Å². The third-order valence-electron chi connectivity index (χ3n) is 11.9. The smallest absolute Gasteiger partial charge is 0.339 e. The zero-order valence-corrected chi connectivity index (χ0v) is 39.0. The first-order chi connectivity index (χ1) is 29.1. The van der Waals surface area contributed by atoms with Crippen LogP contribution in [0.1, 0.15) is 164 Å². The van der Waals surface area contributed by atoms with E-state index in [1.807, 2.05) is 0 Å². The summed E-state index contributed by atoms with van der Waals surface area (Å²) < 4.78 is 0. The van der Waals surface area contributed by atoms with E-state index >= 15 is 0 Å². The van der Waals surface area contributed by atoms with Crippen molar-refractivity contribution in [2.75, 3.05) is 39.3 Å². The molecule has 0 unspecified atom stereocenters. The number of carbonyl (C=O) groups is 2. The fourth-order valence-corrected chi connectivity index (χ4v) is 7.85. The van der Waals surface area contributed by atoms with E-state index < -0.39 is 23.4 Å². The number of carboxylic acids is 2. The van der Waals surface area contributed by atoms with Gasteiger partial charge in [0, 0.05) is 17.5 Å². The summed E-state index contributed by atoms with van der Waals surface area (Å²) in [5, 5.41) is 42.8. The predicted octanol–water partition coefficient (Wildman–Crippen LogP) is 13.3. The molecule has 0 aliphatic carbocycles. The van der Waals surface area contributed by atoms with Crippen LogP contribution in [0.5, 0.6) is 11.5 Å². The van der Waals surface area contributed by atoms with Crippen molar-refractivity contribution in [3.8, 4) is 11.5 Å². The summed E-state index contributed by atoms with van der Waals surface area (Å²) in [4.78, 5) is 28.7. The zero-order valence-electron chi connectivity index (χ0n) is 39.0. The SMILES string of the molecule is CC(C)CCN(CCCCCCCCCCN(CCC(C)C)CCC(C)C)CCC(C)C.O=C(O)c1cc2ccccc2c(Cc2c(O)c(C(=O)O)cc3ccccc23)c1O. The summed E-state index contributed by atoms with van der Waals surface area (Å²) in [6.45, 7) is 26.7. The Labute approximate surface area is 368 Å². The van der Waals surface area contributed by atoms with Crippen LogP contribution in [0, 0.1) is 23.7 Å². The largest absolute Gasteiger partial charge is 0.507 e. The number of aromatic carboxylic acids is 2. The fourth-order valence-electron chi connectivity index (χ4n) is 7.85. The number of aromatic hydroxyl groups is 2. The summed E-state index contributed by atoms with van der Waals surface area (Å²) in [5.74, 6) is -0.0438. The molecule has 4 N–H and O–H groups in total. The number of unbranched alkanes of at least 4 members (excludes halogenated alkanes) is 7. The highest BCUT2D eigenvalue weighted by molar-refractivity contribution is 6.02. The monoisotopic (exact) mass is 841 g/mol. The molecule has 0 aliphatic rings. The third kappa shape index (κ3) is 18.0. The molecule has 338 valence electrons. The molecule has 4 aromatic rings. The quantitative estimate of drug-likeness (QED) is 0.0438. The van der Waals surface area contributed by atoms with E-state index in [0.29, 0.717) is 32.7 Å². The lowest BCUT2D eigenvalue weighted by Gasteiger charge is -2.24. The van der Waals surface area contributed by atoms with Gasteiger partial charge in [-0.3, -0.25) is 0 Å². The van der Waals surface area contributed by atoms with Gasteiger partial charge in [-0.15, -0.1) is 0 Å². The Balaban J connectivity index is 0.000000326. The molecule has 0 fully saturated rings. The Bertz CT molecular complexity index is 1760. The summed E-state index contributed by atoms with van der Waals surface area (Å²) >= 11 is 0. The summed E-state index contributed by atoms with van der Waals surface area (Å²) in [7, 11) is 0. The molecule has 0 atom stereocenters. The lowest BCUT2D eigenvalue weighted by atomic mass is 9.90. The average Bonchev–Trinajstić information content (AvgIpc) is 3.21. The second-order valence-corrected chi connectivity index (χ2v) is 19.0. The molecule has 61 heavy (non-hydrogen) atoms. The highest BCUT2D eigenvalue weighted by Gasteiger charge is 2.22. The zero-order chi connectivity index (χ0) is 44.9. The third-order valence-corrected chi connectivity index (χ3v) is 11.9. The van der Waals surface area contributed by atoms with Gasteiger partial charge in [0.15, 0.2) is 0 Å². The van der Waals surface area contributed by atoms with E-state index in [1.54, 1.807) is 48.5 Å². The number of hydrogen-bond acceptors (Lipinski definition) is 6. The molecule has 4 aromatic carbocycles. The van der Waals surface area contributed by atoms with Gasteiger partial charge in [-0.1, -0.05) is 142 Å². The van der Waals surface area contributed by atoms with Crippen molar-refractivity contribution < 1.29 is 30.0 Å². The standard InChI is InChI=1S/C30H64N2.C23H16O6/c1-27(2)17-23-31(24-18-28(3)4)21-15-13-11-9-10-12-14-16-22-32(25-19-29(5)6)26-20-30(7)8;24-20-16(14-7-3-1-5-12(14)9-18(20)22(26)27)11-17-15-8-4-2-6-13(15)10-19(21(17)25)23(28)29/h27-30H,9-26H2,1-8H3;1-10,24-25H,11H2,(H,26,27)(H,28,29). The number of hydrogen-bond donors (Lipinski definition) is 4. The van der Waals surface area contributed by atoms with Gasteiger partial charge in [0.1, 0.15) is 22.6 Å². The molecule has 0 aliphatic heterocycles. The van der Waals surface area contributed by atoms with E-state index in [2.05, 4.69) is 65.2 Å². The first-order valence-electron chi connectivity index (χ1n) is 23.5. The average molecular weight is 841 g/mol. The Morgan fingerprint density at radius 2 is 0.754 bits per heavy atom. The van der Waals surface area contributed by atoms with Crippen molar-refractivity contribution in [2.24, 2.45) is 23.7 Å². The highest BCUT2D eigenvalue weighted by atomic mass is 16.4. The minimum atomic E-state index is -1.28. The van der Waals surface area contributed by atoms with Crippen LogP contribution in [0.15, 0.2) is 60.7 Å². The molecule has 8 nitrogen and oxygen atoms in total. The second kappa shape index (κ2) is 27.0. The van der Waals surface area contributed by atoms with Crippen molar-refractivity contribution >= 4 is 33.5 Å². The Hall–Kier alpha value is -4.14. The van der Waals surface area contributed by atoms with Gasteiger partial charge in [0.2, 0.25) is 0 Å². The minimum absolute atomic E-state index is 0.0407. The molecule has 0 bridgehead atoms. The van der Waals surface area contributed by atoms with Crippen LogP contribution >= 0.6 is 0 Å². The molecule has 0 heterocycles. The van der Waals surface area contributed by atoms with Crippen LogP contribution < -0.4 is 0 Å². The molecular formula is C53H80N2O6. The van der Waals surface area contributed by atoms with E-state index in [1.165, 1.54) is 128 Å². The molecule has 0 radical (unpaired) electrons. The van der Waals surface area contributed by atoms with Gasteiger partial charge in [-0.25, -0.2) is 9.59 Å². The number of carboxylic acid groups (broad SMARTS) is 2. The molecule has 4 rings (SSSR count). The van der Waals surface area contributed by atoms with Crippen molar-refractivity contribution in [2.45, 2.75) is 139 Å². The second-order valence-electron chi connectivity index (χ2n) is 19.0. The van der Waals surface area contributed by atoms with E-state index in [4.69, 9.17) is 0 Å². The van der Waals surface area contributed by atoms with Crippen LogP contribution in [0.4, 0.5) is 0 Å². The molecule has 0 spiro atoms. The number of fused-ring (bicyclic) bond motifs is 2. The number of nitrogens with zero attached hydrogens (tertiary/aromatic N) is 2. The number of benzene rings is 4. The van der Waals surface area contributed by atoms with Crippen LogP contribution in [-0.4, -0.2) is 81.4 Å². The van der Waals surface area contributed by atoms with Gasteiger partial charge < -0.3 is 30.2 Å². The Kier molecular flexibility index (Phi) is 22.7. The summed E-state index contributed by atoms with van der Waals surface area (Å²) in [6.07, 6.45) is 16.8. The number of rotatable bonds is 27. The van der Waals surface area contributed by atoms with Gasteiger partial charge in [-0.2, -0.15) is 0 Å². The van der Waals surface area contributed by atoms with Crippen molar-refractivity contribution in [3.63, 3.8) is 0 Å². The first kappa shape index (κ1) is 51.2. The highest BCUT2D eigenvalue weighted by Crippen LogP contribution is 2.38. The van der Waals surface area contributed by atoms with Gasteiger partial charge in [-0.05, 0) is 135 Å². The Morgan fingerprint density at radius 1 is 0.459 bits per heavy atom. The van der Waals surface area contributed by atoms with Crippen LogP contribution in [0.3, 0.4) is 0 Å². The van der Waals surface area contributed by atoms with Crippen LogP contribution in [0.2, 0.25) is 0 Å². The van der Waals surface area contributed by atoms with Gasteiger partial charge in [0.05, 0.1) is 0 Å². The van der Waals surface area contributed by atoms with Crippen molar-refractivity contribution in [1.82, 2.24) is 9.80 Å². The van der Waals surface area contributed by atoms with E-state index in [0.717, 1.165) is 23.7 Å². The fraction of sp³-hybridized carbons (Fsp3) is 0.585. The van der Waals surface area contributed by atoms with E-state index in [9.17, 15) is 30.0 Å². The molecule has 0 saturated carbocycles. The molecule has 0 saturated heterocycles. The van der Waals surface area contributed by atoms with Crippen molar-refractivity contribution in [3.05, 3.63) is 82.9 Å². The van der Waals surface area contributed by atoms with Crippen molar-refractivity contribution in [1.29, 1.82) is 0 Å². The maximum atomic E-state index is 11.6. The minimum Gasteiger partial charge on any atom is -0.507 e. The first-order valence-corrected chi connectivity index (χ1v) is 23.5. The molecule has 8 heteroatoms. The van der Waals surface area contributed by atoms with E-state index in [-0.39, 0.29) is 17.5 Å². The number of phenols is 2. The summed E-state index contributed by atoms with van der Waals surface area (Å²) in [6, 6.07) is 16.8. The predicted molar refractivity (Wildman–Crippen MR) is 256 cm³/mol. The van der Waals surface area contributed by atoms with Gasteiger partial charge >= 0.3 is 11.9 Å². The summed E-state index contributed by atoms with van der Waals surface area (Å²) in [5.41, 5.74) is 0.112.